The van der Waals surface area contributed by atoms with Crippen molar-refractivity contribution in [2.24, 2.45) is 5.92 Å². The molecule has 2 aliphatic heterocycles. The number of nitrogens with zero attached hydrogens (tertiary/aromatic N) is 5. The fourth-order valence-corrected chi connectivity index (χ4v) is 6.53. The highest BCUT2D eigenvalue weighted by atomic mass is 19.3. The first-order valence-electron chi connectivity index (χ1n) is 15.5. The van der Waals surface area contributed by atoms with Gasteiger partial charge in [-0.05, 0) is 49.6 Å². The molecule has 2 aromatic carbocycles. The number of halogens is 4. The van der Waals surface area contributed by atoms with Gasteiger partial charge in [-0.2, -0.15) is 9.97 Å². The third-order valence-corrected chi connectivity index (χ3v) is 8.97. The smallest absolute Gasteiger partial charge is 0.319 e. The molecule has 2 fully saturated rings. The van der Waals surface area contributed by atoms with E-state index in [1.807, 2.05) is 4.90 Å². The standard InChI is InChI=1S/C34H36F4N6O2/c1-3-27(45)44-14-12-23(18-44)43(2)33-26-17-40-30(24-10-4-8-21-9-5-11-25(28(21)24)32(37)38)29(36)31(26)41-34(42-33)46-19-20-7-6-13-39-16-22(35)15-20/h3-5,8-11,17,20,22-23,32,39H,1,6-7,12-16,18-19H2,2H3/t20-,22-,23-/m1/s1. The number of anilines is 1. The summed E-state index contributed by atoms with van der Waals surface area (Å²) in [5, 5.41) is 4.14. The third kappa shape index (κ3) is 6.35. The first-order valence-corrected chi connectivity index (χ1v) is 15.5. The van der Waals surface area contributed by atoms with E-state index in [-0.39, 0.29) is 64.8 Å². The second-order valence-electron chi connectivity index (χ2n) is 12.0. The quantitative estimate of drug-likeness (QED) is 0.181. The molecule has 46 heavy (non-hydrogen) atoms. The van der Waals surface area contributed by atoms with Gasteiger partial charge >= 0.3 is 6.01 Å². The number of likely N-dealkylation sites (N-methyl/N-ethyl adjacent to an activating group) is 1. The number of alkyl halides is 3. The van der Waals surface area contributed by atoms with Crippen LogP contribution >= 0.6 is 0 Å². The van der Waals surface area contributed by atoms with Crippen LogP contribution in [0.5, 0.6) is 6.01 Å². The number of carbonyl (C=O) groups is 1. The number of amides is 1. The molecule has 1 N–H and O–H groups in total. The van der Waals surface area contributed by atoms with Gasteiger partial charge in [-0.3, -0.25) is 9.78 Å². The van der Waals surface area contributed by atoms with Crippen molar-refractivity contribution in [3.63, 3.8) is 0 Å². The minimum atomic E-state index is -2.78. The second kappa shape index (κ2) is 13.6. The topological polar surface area (TPSA) is 83.5 Å². The number of nitrogens with one attached hydrogen (secondary N) is 1. The molecule has 0 bridgehead atoms. The molecule has 1 amide bonds. The predicted molar refractivity (Wildman–Crippen MR) is 169 cm³/mol. The zero-order valence-electron chi connectivity index (χ0n) is 25.6. The van der Waals surface area contributed by atoms with E-state index >= 15 is 4.39 Å². The molecule has 8 nitrogen and oxygen atoms in total. The van der Waals surface area contributed by atoms with Crippen LogP contribution in [-0.4, -0.2) is 77.8 Å². The molecular formula is C34H36F4N6O2. The lowest BCUT2D eigenvalue weighted by Gasteiger charge is -2.27. The summed E-state index contributed by atoms with van der Waals surface area (Å²) in [5.74, 6) is -0.699. The maximum absolute atomic E-state index is 16.6. The Balaban J connectivity index is 1.43. The van der Waals surface area contributed by atoms with Crippen molar-refractivity contribution in [1.82, 2.24) is 25.2 Å². The lowest BCUT2D eigenvalue weighted by molar-refractivity contribution is -0.125. The molecule has 2 saturated heterocycles. The zero-order chi connectivity index (χ0) is 32.4. The van der Waals surface area contributed by atoms with Gasteiger partial charge < -0.3 is 19.9 Å². The molecule has 4 aromatic rings. The number of rotatable bonds is 8. The lowest BCUT2D eigenvalue weighted by atomic mass is 9.96. The van der Waals surface area contributed by atoms with Crippen LogP contribution in [-0.2, 0) is 4.79 Å². The molecule has 0 radical (unpaired) electrons. The molecule has 0 spiro atoms. The molecule has 0 unspecified atom stereocenters. The van der Waals surface area contributed by atoms with E-state index in [1.165, 1.54) is 18.3 Å². The number of likely N-dealkylation sites (tertiary alicyclic amines) is 1. The van der Waals surface area contributed by atoms with Crippen LogP contribution in [0.15, 0.2) is 55.3 Å². The molecule has 0 saturated carbocycles. The zero-order valence-corrected chi connectivity index (χ0v) is 25.6. The Morgan fingerprint density at radius 1 is 1.22 bits per heavy atom. The summed E-state index contributed by atoms with van der Waals surface area (Å²) in [4.78, 5) is 29.4. The van der Waals surface area contributed by atoms with Crippen molar-refractivity contribution in [2.45, 2.75) is 44.3 Å². The van der Waals surface area contributed by atoms with Gasteiger partial charge in [0, 0.05) is 55.4 Å². The van der Waals surface area contributed by atoms with Crippen LogP contribution in [0, 0.1) is 11.7 Å². The maximum atomic E-state index is 16.6. The minimum Gasteiger partial charge on any atom is -0.463 e. The third-order valence-electron chi connectivity index (χ3n) is 8.97. The van der Waals surface area contributed by atoms with Crippen LogP contribution in [0.25, 0.3) is 32.9 Å². The molecule has 242 valence electrons. The summed E-state index contributed by atoms with van der Waals surface area (Å²) < 4.78 is 65.3. The van der Waals surface area contributed by atoms with Crippen LogP contribution < -0.4 is 15.0 Å². The minimum absolute atomic E-state index is 0.0767. The highest BCUT2D eigenvalue weighted by Gasteiger charge is 2.31. The molecular weight excluding hydrogens is 600 g/mol. The van der Waals surface area contributed by atoms with E-state index in [0.717, 1.165) is 12.8 Å². The Hall–Kier alpha value is -4.32. The van der Waals surface area contributed by atoms with Crippen molar-refractivity contribution in [2.75, 3.05) is 44.7 Å². The lowest BCUT2D eigenvalue weighted by Crippen LogP contribution is -2.36. The van der Waals surface area contributed by atoms with Crippen molar-refractivity contribution in [3.05, 3.63) is 66.6 Å². The average molecular weight is 637 g/mol. The molecule has 0 aliphatic carbocycles. The van der Waals surface area contributed by atoms with Crippen molar-refractivity contribution < 1.29 is 27.1 Å². The van der Waals surface area contributed by atoms with Gasteiger partial charge in [-0.25, -0.2) is 17.6 Å². The summed E-state index contributed by atoms with van der Waals surface area (Å²) in [6.45, 7) is 5.67. The molecule has 2 aliphatic rings. The van der Waals surface area contributed by atoms with Gasteiger partial charge in [0.1, 0.15) is 23.2 Å². The van der Waals surface area contributed by atoms with Crippen LogP contribution in [0.2, 0.25) is 0 Å². The van der Waals surface area contributed by atoms with Crippen molar-refractivity contribution in [3.8, 4) is 17.3 Å². The molecule has 3 atom stereocenters. The Kier molecular flexibility index (Phi) is 9.34. The van der Waals surface area contributed by atoms with E-state index in [2.05, 4.69) is 26.8 Å². The SMILES string of the molecule is C=CC(=O)N1CC[C@@H](N(C)c2nc(OC[C@@H]3CCCNC[C@H](F)C3)nc3c(F)c(-c4cccc5cccc(C(F)F)c45)ncc23)C1. The van der Waals surface area contributed by atoms with Gasteiger partial charge in [0.05, 0.1) is 12.0 Å². The highest BCUT2D eigenvalue weighted by Crippen LogP contribution is 2.38. The van der Waals surface area contributed by atoms with Gasteiger partial charge in [0.2, 0.25) is 5.91 Å². The summed E-state index contributed by atoms with van der Waals surface area (Å²) in [5.41, 5.74) is -0.205. The predicted octanol–water partition coefficient (Wildman–Crippen LogP) is 6.25. The summed E-state index contributed by atoms with van der Waals surface area (Å²) in [6.07, 6.45) is 1.51. The van der Waals surface area contributed by atoms with Gasteiger partial charge in [0.25, 0.3) is 6.43 Å². The average Bonchev–Trinajstić information content (AvgIpc) is 3.55. The molecule has 2 aromatic heterocycles. The molecule has 12 heteroatoms. The molecule has 4 heterocycles. The van der Waals surface area contributed by atoms with Crippen LogP contribution in [0.1, 0.15) is 37.7 Å². The fraction of sp³-hybridized carbons (Fsp3) is 0.412. The van der Waals surface area contributed by atoms with Crippen LogP contribution in [0.3, 0.4) is 0 Å². The number of aromatic nitrogens is 3. The maximum Gasteiger partial charge on any atom is 0.319 e. The number of carbonyl (C=O) groups excluding carboxylic acids is 1. The highest BCUT2D eigenvalue weighted by molar-refractivity contribution is 6.01. The normalized spacial score (nSPS) is 20.6. The number of hydrogen-bond donors (Lipinski definition) is 1. The number of fused-ring (bicyclic) bond motifs is 2. The van der Waals surface area contributed by atoms with Gasteiger partial charge in [-0.1, -0.05) is 43.0 Å². The Morgan fingerprint density at radius 2 is 2.02 bits per heavy atom. The number of pyridine rings is 1. The first kappa shape index (κ1) is 31.7. The molecule has 6 rings (SSSR count). The van der Waals surface area contributed by atoms with Gasteiger partial charge in [-0.15, -0.1) is 0 Å². The summed E-state index contributed by atoms with van der Waals surface area (Å²) in [7, 11) is 1.80. The second-order valence-corrected chi connectivity index (χ2v) is 12.0. The first-order chi connectivity index (χ1) is 22.2. The number of ether oxygens (including phenoxy) is 1. The summed E-state index contributed by atoms with van der Waals surface area (Å²) in [6, 6.07) is 9.27. The van der Waals surface area contributed by atoms with E-state index in [4.69, 9.17) is 4.74 Å². The Bertz CT molecular complexity index is 1750. The fourth-order valence-electron chi connectivity index (χ4n) is 6.53. The van der Waals surface area contributed by atoms with E-state index in [9.17, 15) is 18.0 Å². The van der Waals surface area contributed by atoms with Crippen molar-refractivity contribution >= 4 is 33.4 Å². The number of hydrogen-bond acceptors (Lipinski definition) is 7. The summed E-state index contributed by atoms with van der Waals surface area (Å²) >= 11 is 0. The van der Waals surface area contributed by atoms with Gasteiger partial charge in [0.15, 0.2) is 5.82 Å². The van der Waals surface area contributed by atoms with Crippen molar-refractivity contribution in [1.29, 1.82) is 0 Å². The Morgan fingerprint density at radius 3 is 2.80 bits per heavy atom. The van der Waals surface area contributed by atoms with E-state index in [1.54, 1.807) is 42.3 Å². The van der Waals surface area contributed by atoms with Crippen LogP contribution in [0.4, 0.5) is 23.4 Å². The number of benzene rings is 2. The van der Waals surface area contributed by atoms with E-state index < -0.39 is 18.4 Å². The van der Waals surface area contributed by atoms with E-state index in [0.29, 0.717) is 49.1 Å². The Labute approximate surface area is 264 Å². The monoisotopic (exact) mass is 636 g/mol. The largest absolute Gasteiger partial charge is 0.463 e.